The van der Waals surface area contributed by atoms with Crippen LogP contribution < -0.4 is 5.32 Å². The topological polar surface area (TPSA) is 12.0 Å². The summed E-state index contributed by atoms with van der Waals surface area (Å²) in [5.74, 6) is 0.396. The first-order chi connectivity index (χ1) is 8.25. The quantitative estimate of drug-likeness (QED) is 0.761. The molecule has 0 amide bonds. The molecule has 0 bridgehead atoms. The van der Waals surface area contributed by atoms with Crippen LogP contribution in [0.15, 0.2) is 18.2 Å². The van der Waals surface area contributed by atoms with E-state index >= 15 is 0 Å². The van der Waals surface area contributed by atoms with E-state index in [1.807, 2.05) is 0 Å². The monoisotopic (exact) mass is 255 g/mol. The second-order valence-electron chi connectivity index (χ2n) is 4.87. The molecule has 1 N–H and O–H groups in total. The summed E-state index contributed by atoms with van der Waals surface area (Å²) in [4.78, 5) is 0. The minimum atomic E-state index is -0.355. The normalized spacial score (nSPS) is 17.8. The van der Waals surface area contributed by atoms with Crippen LogP contribution in [0.5, 0.6) is 0 Å². The van der Waals surface area contributed by atoms with E-state index in [1.54, 1.807) is 12.1 Å². The third kappa shape index (κ3) is 3.88. The third-order valence-corrected chi connectivity index (χ3v) is 3.78. The van der Waals surface area contributed by atoms with Gasteiger partial charge in [0.25, 0.3) is 0 Å². The van der Waals surface area contributed by atoms with Crippen molar-refractivity contribution >= 4 is 17.3 Å². The van der Waals surface area contributed by atoms with E-state index in [0.29, 0.717) is 0 Å². The molecular weight excluding hydrogens is 237 g/mol. The molecule has 1 aliphatic carbocycles. The number of hydrogen-bond acceptors (Lipinski definition) is 1. The van der Waals surface area contributed by atoms with Gasteiger partial charge in [-0.1, -0.05) is 37.3 Å². The van der Waals surface area contributed by atoms with Crippen molar-refractivity contribution in [2.75, 3.05) is 11.9 Å². The molecule has 0 spiro atoms. The van der Waals surface area contributed by atoms with Crippen molar-refractivity contribution < 1.29 is 4.39 Å². The Morgan fingerprint density at radius 2 is 1.88 bits per heavy atom. The van der Waals surface area contributed by atoms with Crippen molar-refractivity contribution in [3.8, 4) is 0 Å². The second-order valence-corrected chi connectivity index (χ2v) is 5.27. The van der Waals surface area contributed by atoms with Crippen LogP contribution in [0.2, 0.25) is 5.02 Å². The van der Waals surface area contributed by atoms with E-state index in [2.05, 4.69) is 5.32 Å². The van der Waals surface area contributed by atoms with Crippen LogP contribution in [-0.2, 0) is 0 Å². The van der Waals surface area contributed by atoms with Gasteiger partial charge in [-0.3, -0.25) is 0 Å². The van der Waals surface area contributed by atoms with Gasteiger partial charge < -0.3 is 5.32 Å². The van der Waals surface area contributed by atoms with Crippen molar-refractivity contribution in [1.29, 1.82) is 0 Å². The summed E-state index contributed by atoms with van der Waals surface area (Å²) in [6.45, 7) is 0.974. The highest BCUT2D eigenvalue weighted by molar-refractivity contribution is 6.31. The van der Waals surface area contributed by atoms with Crippen LogP contribution in [0.4, 0.5) is 10.1 Å². The number of rotatable bonds is 3. The summed E-state index contributed by atoms with van der Waals surface area (Å²) in [5.41, 5.74) is 0.917. The van der Waals surface area contributed by atoms with Crippen molar-refractivity contribution in [1.82, 2.24) is 0 Å². The van der Waals surface area contributed by atoms with Crippen LogP contribution in [0.25, 0.3) is 0 Å². The molecule has 0 saturated heterocycles. The molecule has 0 aromatic heterocycles. The van der Waals surface area contributed by atoms with E-state index in [4.69, 9.17) is 11.6 Å². The van der Waals surface area contributed by atoms with E-state index in [-0.39, 0.29) is 10.8 Å². The zero-order valence-corrected chi connectivity index (χ0v) is 10.8. The first-order valence-electron chi connectivity index (χ1n) is 6.44. The maximum Gasteiger partial charge on any atom is 0.141 e. The smallest absolute Gasteiger partial charge is 0.141 e. The highest BCUT2D eigenvalue weighted by atomic mass is 35.5. The summed E-state index contributed by atoms with van der Waals surface area (Å²) in [6.07, 6.45) is 8.05. The lowest BCUT2D eigenvalue weighted by atomic mass is 10.0. The molecule has 0 aliphatic heterocycles. The summed E-state index contributed by atoms with van der Waals surface area (Å²) in [7, 11) is 0. The van der Waals surface area contributed by atoms with Gasteiger partial charge in [-0.15, -0.1) is 0 Å². The summed E-state index contributed by atoms with van der Waals surface area (Å²) in [6, 6.07) is 4.82. The molecule has 0 radical (unpaired) electrons. The Hall–Kier alpha value is -0.760. The number of anilines is 1. The molecular formula is C14H19ClFN. The fourth-order valence-corrected chi connectivity index (χ4v) is 2.62. The molecule has 3 heteroatoms. The molecule has 1 saturated carbocycles. The number of benzene rings is 1. The molecule has 94 valence electrons. The van der Waals surface area contributed by atoms with Gasteiger partial charge in [0, 0.05) is 12.2 Å². The number of hydrogen-bond donors (Lipinski definition) is 1. The lowest BCUT2D eigenvalue weighted by Gasteiger charge is -2.15. The molecule has 1 aliphatic rings. The minimum Gasteiger partial charge on any atom is -0.385 e. The van der Waals surface area contributed by atoms with Gasteiger partial charge in [0.15, 0.2) is 0 Å². The highest BCUT2D eigenvalue weighted by Gasteiger charge is 2.12. The predicted octanol–water partition coefficient (Wildman–Crippen LogP) is 4.86. The van der Waals surface area contributed by atoms with Crippen LogP contribution in [0.3, 0.4) is 0 Å². The van der Waals surface area contributed by atoms with Crippen LogP contribution in [0, 0.1) is 11.7 Å². The fourth-order valence-electron chi connectivity index (χ4n) is 2.44. The molecule has 0 atom stereocenters. The SMILES string of the molecule is Fc1ccc(NCC2CCCCCC2)cc1Cl. The molecule has 17 heavy (non-hydrogen) atoms. The van der Waals surface area contributed by atoms with Gasteiger partial charge in [0.05, 0.1) is 5.02 Å². The summed E-state index contributed by atoms with van der Waals surface area (Å²) < 4.78 is 13.0. The van der Waals surface area contributed by atoms with Crippen LogP contribution in [-0.4, -0.2) is 6.54 Å². The van der Waals surface area contributed by atoms with Crippen molar-refractivity contribution in [2.45, 2.75) is 38.5 Å². The van der Waals surface area contributed by atoms with Crippen LogP contribution in [0.1, 0.15) is 38.5 Å². The van der Waals surface area contributed by atoms with Crippen molar-refractivity contribution in [2.24, 2.45) is 5.92 Å². The molecule has 1 nitrogen and oxygen atoms in total. The standard InChI is InChI=1S/C14H19ClFN/c15-13-9-12(7-8-14(13)16)17-10-11-5-3-1-2-4-6-11/h7-9,11,17H,1-6,10H2. The molecule has 0 heterocycles. The van der Waals surface area contributed by atoms with E-state index in [0.717, 1.165) is 18.2 Å². The Morgan fingerprint density at radius 3 is 2.53 bits per heavy atom. The van der Waals surface area contributed by atoms with Gasteiger partial charge in [-0.2, -0.15) is 0 Å². The van der Waals surface area contributed by atoms with Gasteiger partial charge in [-0.05, 0) is 37.0 Å². The van der Waals surface area contributed by atoms with Gasteiger partial charge in [0.2, 0.25) is 0 Å². The van der Waals surface area contributed by atoms with Crippen LogP contribution >= 0.6 is 11.6 Å². The predicted molar refractivity (Wildman–Crippen MR) is 71.1 cm³/mol. The molecule has 1 aromatic rings. The van der Waals surface area contributed by atoms with Gasteiger partial charge in [-0.25, -0.2) is 4.39 Å². The molecule has 1 aromatic carbocycles. The molecule has 2 rings (SSSR count). The minimum absolute atomic E-state index is 0.191. The first-order valence-corrected chi connectivity index (χ1v) is 6.82. The molecule has 0 unspecified atom stereocenters. The largest absolute Gasteiger partial charge is 0.385 e. The lowest BCUT2D eigenvalue weighted by molar-refractivity contribution is 0.483. The van der Waals surface area contributed by atoms with Crippen molar-refractivity contribution in [3.63, 3.8) is 0 Å². The Bertz CT molecular complexity index is 359. The zero-order valence-electron chi connectivity index (χ0n) is 10.0. The molecule has 1 fully saturated rings. The Morgan fingerprint density at radius 1 is 1.18 bits per heavy atom. The number of halogens is 2. The summed E-state index contributed by atoms with van der Waals surface area (Å²) in [5, 5.41) is 3.55. The lowest BCUT2D eigenvalue weighted by Crippen LogP contribution is -2.13. The fraction of sp³-hybridized carbons (Fsp3) is 0.571. The van der Waals surface area contributed by atoms with Gasteiger partial charge >= 0.3 is 0 Å². The Kier molecular flexibility index (Phi) is 4.66. The maximum atomic E-state index is 13.0. The number of nitrogens with one attached hydrogen (secondary N) is 1. The zero-order chi connectivity index (χ0) is 12.1. The van der Waals surface area contributed by atoms with Gasteiger partial charge in [0.1, 0.15) is 5.82 Å². The first kappa shape index (κ1) is 12.7. The van der Waals surface area contributed by atoms with E-state index in [9.17, 15) is 4.39 Å². The highest BCUT2D eigenvalue weighted by Crippen LogP contribution is 2.24. The third-order valence-electron chi connectivity index (χ3n) is 3.49. The Labute approximate surface area is 107 Å². The van der Waals surface area contributed by atoms with Crippen molar-refractivity contribution in [3.05, 3.63) is 29.0 Å². The maximum absolute atomic E-state index is 13.0. The summed E-state index contributed by atoms with van der Waals surface area (Å²) >= 11 is 5.75. The van der Waals surface area contributed by atoms with E-state index < -0.39 is 0 Å². The Balaban J connectivity index is 1.85. The average molecular weight is 256 g/mol. The second kappa shape index (κ2) is 6.25. The average Bonchev–Trinajstić information content (AvgIpc) is 2.59. The van der Waals surface area contributed by atoms with E-state index in [1.165, 1.54) is 44.6 Å².